The van der Waals surface area contributed by atoms with Crippen LogP contribution in [0.5, 0.6) is 11.5 Å². The first-order valence-corrected chi connectivity index (χ1v) is 4.58. The third-order valence-corrected chi connectivity index (χ3v) is 2.75. The third-order valence-electron chi connectivity index (χ3n) is 2.75. The minimum absolute atomic E-state index is 0.131. The van der Waals surface area contributed by atoms with Gasteiger partial charge in [-0.2, -0.15) is 0 Å². The largest absolute Gasteiger partial charge is 0.504 e. The topological polar surface area (TPSA) is 86.7 Å². The molecular formula is C10H13NO3. The maximum absolute atomic E-state index is 9.73. The Morgan fingerprint density at radius 1 is 1.29 bits per heavy atom. The molecule has 0 aromatic heterocycles. The van der Waals surface area contributed by atoms with Crippen molar-refractivity contribution in [3.63, 3.8) is 0 Å². The van der Waals surface area contributed by atoms with E-state index >= 15 is 0 Å². The van der Waals surface area contributed by atoms with E-state index in [-0.39, 0.29) is 17.5 Å². The molecule has 76 valence electrons. The van der Waals surface area contributed by atoms with Crippen molar-refractivity contribution in [1.29, 1.82) is 0 Å². The second-order valence-corrected chi connectivity index (χ2v) is 3.65. The zero-order chi connectivity index (χ0) is 10.3. The average molecular weight is 195 g/mol. The van der Waals surface area contributed by atoms with Crippen LogP contribution in [0.25, 0.3) is 0 Å². The summed E-state index contributed by atoms with van der Waals surface area (Å²) >= 11 is 0. The molecule has 2 rings (SSSR count). The predicted molar refractivity (Wildman–Crippen MR) is 51.0 cm³/mol. The summed E-state index contributed by atoms with van der Waals surface area (Å²) in [6.07, 6.45) is 0.462. The first kappa shape index (κ1) is 9.30. The Hall–Kier alpha value is -1.26. The minimum atomic E-state index is -0.745. The van der Waals surface area contributed by atoms with Crippen LogP contribution in [0.2, 0.25) is 0 Å². The molecule has 0 fully saturated rings. The number of aromatic hydroxyl groups is 2. The van der Waals surface area contributed by atoms with Crippen molar-refractivity contribution in [2.24, 2.45) is 5.73 Å². The van der Waals surface area contributed by atoms with Gasteiger partial charge < -0.3 is 21.1 Å². The van der Waals surface area contributed by atoms with Crippen molar-refractivity contribution in [3.05, 3.63) is 23.3 Å². The number of rotatable bonds is 0. The molecule has 0 radical (unpaired) electrons. The summed E-state index contributed by atoms with van der Waals surface area (Å²) in [5.74, 6) is -0.278. The molecule has 0 saturated carbocycles. The highest BCUT2D eigenvalue weighted by Crippen LogP contribution is 2.39. The Balaban J connectivity index is 2.53. The van der Waals surface area contributed by atoms with Gasteiger partial charge in [0.15, 0.2) is 11.5 Å². The summed E-state index contributed by atoms with van der Waals surface area (Å²) in [4.78, 5) is 0. The van der Waals surface area contributed by atoms with Crippen LogP contribution in [-0.4, -0.2) is 21.4 Å². The van der Waals surface area contributed by atoms with E-state index in [1.807, 2.05) is 0 Å². The predicted octanol–water partition coefficient (Wildman–Crippen LogP) is 0.405. The van der Waals surface area contributed by atoms with Crippen molar-refractivity contribution in [2.45, 2.75) is 25.0 Å². The number of phenolic OH excluding ortho intramolecular Hbond substituents is 2. The molecule has 5 N–H and O–H groups in total. The number of hydrogen-bond acceptors (Lipinski definition) is 4. The van der Waals surface area contributed by atoms with Crippen molar-refractivity contribution < 1.29 is 15.3 Å². The van der Waals surface area contributed by atoms with E-state index in [4.69, 9.17) is 5.73 Å². The highest BCUT2D eigenvalue weighted by molar-refractivity contribution is 5.51. The van der Waals surface area contributed by atoms with Gasteiger partial charge in [0.05, 0.1) is 6.10 Å². The molecule has 4 heteroatoms. The van der Waals surface area contributed by atoms with Crippen LogP contribution in [0.1, 0.15) is 23.7 Å². The monoisotopic (exact) mass is 195 g/mol. The van der Waals surface area contributed by atoms with E-state index in [0.717, 1.165) is 0 Å². The lowest BCUT2D eigenvalue weighted by atomic mass is 9.85. The van der Waals surface area contributed by atoms with Crippen LogP contribution in [-0.2, 0) is 6.42 Å². The number of hydrogen-bond donors (Lipinski definition) is 4. The van der Waals surface area contributed by atoms with Crippen LogP contribution in [0.4, 0.5) is 0 Å². The van der Waals surface area contributed by atoms with Crippen LogP contribution in [0, 0.1) is 0 Å². The number of nitrogens with two attached hydrogens (primary N) is 1. The summed E-state index contributed by atoms with van der Waals surface area (Å²) < 4.78 is 0. The van der Waals surface area contributed by atoms with Crippen LogP contribution < -0.4 is 5.73 Å². The maximum atomic E-state index is 9.73. The van der Waals surface area contributed by atoms with Gasteiger partial charge in [-0.1, -0.05) is 6.07 Å². The number of benzene rings is 1. The summed E-state index contributed by atoms with van der Waals surface area (Å²) in [5.41, 5.74) is 6.92. The van der Waals surface area contributed by atoms with Gasteiger partial charge in [-0.05, 0) is 24.5 Å². The van der Waals surface area contributed by atoms with E-state index in [1.54, 1.807) is 6.07 Å². The normalized spacial score (nSPS) is 25.9. The van der Waals surface area contributed by atoms with Crippen molar-refractivity contribution in [2.75, 3.05) is 0 Å². The number of aliphatic hydroxyl groups excluding tert-OH is 1. The fourth-order valence-corrected chi connectivity index (χ4v) is 1.88. The quantitative estimate of drug-likeness (QED) is 0.451. The van der Waals surface area contributed by atoms with E-state index < -0.39 is 6.10 Å². The second kappa shape index (κ2) is 3.15. The highest BCUT2D eigenvalue weighted by Gasteiger charge is 2.27. The van der Waals surface area contributed by atoms with Gasteiger partial charge in [0.25, 0.3) is 0 Å². The first-order valence-electron chi connectivity index (χ1n) is 4.58. The molecule has 1 unspecified atom stereocenters. The molecule has 0 spiro atoms. The summed E-state index contributed by atoms with van der Waals surface area (Å²) in [6.45, 7) is 0. The van der Waals surface area contributed by atoms with Crippen molar-refractivity contribution in [3.8, 4) is 11.5 Å². The Bertz CT molecular complexity index is 365. The molecule has 4 nitrogen and oxygen atoms in total. The Labute approximate surface area is 81.6 Å². The fraction of sp³-hybridized carbons (Fsp3) is 0.400. The lowest BCUT2D eigenvalue weighted by Gasteiger charge is -2.27. The van der Waals surface area contributed by atoms with Gasteiger partial charge in [-0.25, -0.2) is 0 Å². The van der Waals surface area contributed by atoms with Gasteiger partial charge in [0.2, 0.25) is 0 Å². The zero-order valence-electron chi connectivity index (χ0n) is 7.64. The smallest absolute Gasteiger partial charge is 0.161 e. The molecule has 1 aliphatic carbocycles. The second-order valence-electron chi connectivity index (χ2n) is 3.65. The summed E-state index contributed by atoms with van der Waals surface area (Å²) in [6, 6.07) is 2.69. The summed E-state index contributed by atoms with van der Waals surface area (Å²) in [7, 11) is 0. The fourth-order valence-electron chi connectivity index (χ4n) is 1.88. The molecule has 14 heavy (non-hydrogen) atoms. The lowest BCUT2D eigenvalue weighted by Crippen LogP contribution is -2.32. The average Bonchev–Trinajstić information content (AvgIpc) is 2.17. The molecule has 1 aliphatic rings. The van der Waals surface area contributed by atoms with E-state index in [0.29, 0.717) is 24.0 Å². The highest BCUT2D eigenvalue weighted by atomic mass is 16.3. The first-order chi connectivity index (χ1) is 6.61. The van der Waals surface area contributed by atoms with Gasteiger partial charge >= 0.3 is 0 Å². The minimum Gasteiger partial charge on any atom is -0.504 e. The zero-order valence-corrected chi connectivity index (χ0v) is 7.64. The Morgan fingerprint density at radius 2 is 2.00 bits per heavy atom. The maximum Gasteiger partial charge on any atom is 0.161 e. The SMILES string of the molecule is NC1CCc2c(ccc(O)c2O)[C@@H]1O. The lowest BCUT2D eigenvalue weighted by molar-refractivity contribution is 0.133. The van der Waals surface area contributed by atoms with Gasteiger partial charge in [0, 0.05) is 11.6 Å². The summed E-state index contributed by atoms with van der Waals surface area (Å²) in [5, 5.41) is 28.5. The molecule has 1 aromatic carbocycles. The molecular weight excluding hydrogens is 182 g/mol. The van der Waals surface area contributed by atoms with E-state index in [2.05, 4.69) is 0 Å². The van der Waals surface area contributed by atoms with Crippen molar-refractivity contribution in [1.82, 2.24) is 0 Å². The van der Waals surface area contributed by atoms with Gasteiger partial charge in [0.1, 0.15) is 0 Å². The molecule has 2 atom stereocenters. The van der Waals surface area contributed by atoms with Crippen LogP contribution in [0.15, 0.2) is 12.1 Å². The molecule has 0 amide bonds. The van der Waals surface area contributed by atoms with Gasteiger partial charge in [-0.15, -0.1) is 0 Å². The van der Waals surface area contributed by atoms with E-state index in [9.17, 15) is 15.3 Å². The number of fused-ring (bicyclic) bond motifs is 1. The van der Waals surface area contributed by atoms with Gasteiger partial charge in [-0.3, -0.25) is 0 Å². The molecule has 0 saturated heterocycles. The van der Waals surface area contributed by atoms with Crippen molar-refractivity contribution >= 4 is 0 Å². The molecule has 0 aliphatic heterocycles. The number of phenols is 2. The number of aliphatic hydroxyl groups is 1. The standard InChI is InChI=1S/C10H13NO3/c11-7-3-1-6-5(9(7)13)2-4-8(12)10(6)14/h2,4,7,9,12-14H,1,3,11H2/t7?,9-/m0/s1. The molecule has 0 heterocycles. The Morgan fingerprint density at radius 3 is 2.71 bits per heavy atom. The third kappa shape index (κ3) is 1.23. The van der Waals surface area contributed by atoms with Crippen LogP contribution >= 0.6 is 0 Å². The van der Waals surface area contributed by atoms with E-state index in [1.165, 1.54) is 6.07 Å². The molecule has 1 aromatic rings. The molecule has 0 bridgehead atoms. The van der Waals surface area contributed by atoms with Crippen LogP contribution in [0.3, 0.4) is 0 Å². The Kier molecular flexibility index (Phi) is 2.09.